The van der Waals surface area contributed by atoms with Gasteiger partial charge in [-0.1, -0.05) is 26.8 Å². The lowest BCUT2D eigenvalue weighted by Crippen LogP contribution is -2.36. The number of ether oxygens (including phenoxy) is 1. The number of benzene rings is 1. The molecule has 0 aliphatic rings. The van der Waals surface area contributed by atoms with Crippen LogP contribution in [0.25, 0.3) is 0 Å². The molecule has 2 atom stereocenters. The van der Waals surface area contributed by atoms with E-state index in [2.05, 4.69) is 0 Å². The second kappa shape index (κ2) is 6.98. The number of phenolic OH excluding ortho intramolecular Hbond substituents is 1. The number of halogens is 1. The summed E-state index contributed by atoms with van der Waals surface area (Å²) in [5, 5.41) is 19.8. The summed E-state index contributed by atoms with van der Waals surface area (Å²) in [5.41, 5.74) is 6.62. The SMILES string of the molecule is COc1ccc([C@H](O)C[C@@H](N)C(C)(C)C)cc1O.Cl. The average molecular weight is 290 g/mol. The first-order valence-corrected chi connectivity index (χ1v) is 6.06. The highest BCUT2D eigenvalue weighted by Crippen LogP contribution is 2.32. The molecule has 0 aliphatic carbocycles. The van der Waals surface area contributed by atoms with Gasteiger partial charge in [0, 0.05) is 6.04 Å². The van der Waals surface area contributed by atoms with Crippen molar-refractivity contribution in [1.82, 2.24) is 0 Å². The molecule has 0 bridgehead atoms. The van der Waals surface area contributed by atoms with Gasteiger partial charge in [0.25, 0.3) is 0 Å². The molecule has 19 heavy (non-hydrogen) atoms. The minimum Gasteiger partial charge on any atom is -0.504 e. The lowest BCUT2D eigenvalue weighted by atomic mass is 9.83. The zero-order valence-corrected chi connectivity index (χ0v) is 12.7. The maximum absolute atomic E-state index is 10.1. The first-order chi connectivity index (χ1) is 8.25. The summed E-state index contributed by atoms with van der Waals surface area (Å²) in [7, 11) is 1.49. The highest BCUT2D eigenvalue weighted by molar-refractivity contribution is 5.85. The molecular formula is C14H24ClNO3. The normalized spacial score (nSPS) is 14.4. The molecule has 4 N–H and O–H groups in total. The van der Waals surface area contributed by atoms with Crippen LogP contribution in [0, 0.1) is 5.41 Å². The van der Waals surface area contributed by atoms with Crippen molar-refractivity contribution >= 4 is 12.4 Å². The topological polar surface area (TPSA) is 75.7 Å². The van der Waals surface area contributed by atoms with Gasteiger partial charge in [0.1, 0.15) is 0 Å². The molecule has 0 unspecified atom stereocenters. The number of hydrogen-bond acceptors (Lipinski definition) is 4. The smallest absolute Gasteiger partial charge is 0.160 e. The quantitative estimate of drug-likeness (QED) is 0.796. The third-order valence-corrected chi connectivity index (χ3v) is 3.18. The van der Waals surface area contributed by atoms with E-state index in [1.165, 1.54) is 13.2 Å². The molecule has 0 spiro atoms. The van der Waals surface area contributed by atoms with E-state index in [4.69, 9.17) is 10.5 Å². The van der Waals surface area contributed by atoms with Gasteiger partial charge in [0.15, 0.2) is 11.5 Å². The van der Waals surface area contributed by atoms with Crippen molar-refractivity contribution in [3.8, 4) is 11.5 Å². The Balaban J connectivity index is 0.00000324. The van der Waals surface area contributed by atoms with Gasteiger partial charge in [0.2, 0.25) is 0 Å². The van der Waals surface area contributed by atoms with Crippen molar-refractivity contribution in [2.24, 2.45) is 11.1 Å². The van der Waals surface area contributed by atoms with Gasteiger partial charge in [-0.05, 0) is 29.5 Å². The van der Waals surface area contributed by atoms with E-state index in [1.54, 1.807) is 12.1 Å². The monoisotopic (exact) mass is 289 g/mol. The molecule has 4 nitrogen and oxygen atoms in total. The Morgan fingerprint density at radius 2 is 1.89 bits per heavy atom. The van der Waals surface area contributed by atoms with Crippen molar-refractivity contribution in [3.63, 3.8) is 0 Å². The van der Waals surface area contributed by atoms with Gasteiger partial charge in [-0.15, -0.1) is 12.4 Å². The summed E-state index contributed by atoms with van der Waals surface area (Å²) in [6, 6.07) is 4.77. The third-order valence-electron chi connectivity index (χ3n) is 3.18. The first-order valence-electron chi connectivity index (χ1n) is 6.06. The van der Waals surface area contributed by atoms with E-state index in [-0.39, 0.29) is 29.6 Å². The molecule has 0 radical (unpaired) electrons. The van der Waals surface area contributed by atoms with Gasteiger partial charge in [0.05, 0.1) is 13.2 Å². The number of aliphatic hydroxyl groups is 1. The molecule has 0 saturated heterocycles. The minimum atomic E-state index is -0.684. The lowest BCUT2D eigenvalue weighted by Gasteiger charge is -2.29. The van der Waals surface area contributed by atoms with Gasteiger partial charge >= 0.3 is 0 Å². The molecule has 0 saturated carbocycles. The Labute approximate surface area is 121 Å². The summed E-state index contributed by atoms with van der Waals surface area (Å²) in [5.74, 6) is 0.421. The summed E-state index contributed by atoms with van der Waals surface area (Å²) < 4.78 is 4.96. The Bertz CT molecular complexity index is 404. The number of aromatic hydroxyl groups is 1. The summed E-state index contributed by atoms with van der Waals surface area (Å²) in [4.78, 5) is 0. The third kappa shape index (κ3) is 4.90. The molecule has 1 aromatic carbocycles. The summed E-state index contributed by atoms with van der Waals surface area (Å²) in [6.07, 6.45) is -0.231. The number of hydrogen-bond donors (Lipinski definition) is 3. The Morgan fingerprint density at radius 3 is 2.32 bits per heavy atom. The number of phenols is 1. The largest absolute Gasteiger partial charge is 0.504 e. The molecule has 0 heterocycles. The summed E-state index contributed by atoms with van der Waals surface area (Å²) in [6.45, 7) is 6.11. The van der Waals surface area contributed by atoms with E-state index in [9.17, 15) is 10.2 Å². The number of methoxy groups -OCH3 is 1. The predicted molar refractivity (Wildman–Crippen MR) is 78.9 cm³/mol. The molecule has 0 fully saturated rings. The lowest BCUT2D eigenvalue weighted by molar-refractivity contribution is 0.133. The van der Waals surface area contributed by atoms with Crippen LogP contribution in [0.4, 0.5) is 0 Å². The molecule has 1 aromatic rings. The molecule has 0 aromatic heterocycles. The molecule has 0 aliphatic heterocycles. The Hall–Kier alpha value is -0.970. The average Bonchev–Trinajstić information content (AvgIpc) is 2.27. The number of rotatable bonds is 4. The molecule has 110 valence electrons. The van der Waals surface area contributed by atoms with Gasteiger partial charge in [-0.25, -0.2) is 0 Å². The van der Waals surface area contributed by atoms with Crippen molar-refractivity contribution < 1.29 is 14.9 Å². The number of nitrogens with two attached hydrogens (primary N) is 1. The van der Waals surface area contributed by atoms with E-state index >= 15 is 0 Å². The van der Waals surface area contributed by atoms with Crippen LogP contribution in [0.2, 0.25) is 0 Å². The van der Waals surface area contributed by atoms with Crippen LogP contribution in [0.5, 0.6) is 11.5 Å². The Kier molecular flexibility index (Phi) is 6.63. The number of aliphatic hydroxyl groups excluding tert-OH is 1. The van der Waals surface area contributed by atoms with Crippen LogP contribution in [-0.2, 0) is 0 Å². The zero-order chi connectivity index (χ0) is 13.9. The van der Waals surface area contributed by atoms with Crippen LogP contribution in [0.15, 0.2) is 18.2 Å². The second-order valence-electron chi connectivity index (χ2n) is 5.66. The van der Waals surface area contributed by atoms with E-state index in [0.29, 0.717) is 17.7 Å². The van der Waals surface area contributed by atoms with Crippen LogP contribution in [-0.4, -0.2) is 23.4 Å². The highest BCUT2D eigenvalue weighted by atomic mass is 35.5. The van der Waals surface area contributed by atoms with E-state index < -0.39 is 6.10 Å². The maximum atomic E-state index is 10.1. The fourth-order valence-corrected chi connectivity index (χ4v) is 1.64. The molecular weight excluding hydrogens is 266 g/mol. The van der Waals surface area contributed by atoms with Crippen molar-refractivity contribution in [1.29, 1.82) is 0 Å². The predicted octanol–water partition coefficient (Wildman–Crippen LogP) is 2.62. The highest BCUT2D eigenvalue weighted by Gasteiger charge is 2.24. The van der Waals surface area contributed by atoms with E-state index in [1.807, 2.05) is 20.8 Å². The summed E-state index contributed by atoms with van der Waals surface area (Å²) >= 11 is 0. The van der Waals surface area contributed by atoms with Crippen LogP contribution >= 0.6 is 12.4 Å². The van der Waals surface area contributed by atoms with Crippen molar-refractivity contribution in [2.75, 3.05) is 7.11 Å². The zero-order valence-electron chi connectivity index (χ0n) is 11.9. The van der Waals surface area contributed by atoms with Crippen LogP contribution < -0.4 is 10.5 Å². The van der Waals surface area contributed by atoms with Crippen LogP contribution in [0.1, 0.15) is 38.9 Å². The fourth-order valence-electron chi connectivity index (χ4n) is 1.64. The molecule has 1 rings (SSSR count). The fraction of sp³-hybridized carbons (Fsp3) is 0.571. The van der Waals surface area contributed by atoms with Gasteiger partial charge in [-0.2, -0.15) is 0 Å². The minimum absolute atomic E-state index is 0. The Morgan fingerprint density at radius 1 is 1.32 bits per heavy atom. The maximum Gasteiger partial charge on any atom is 0.160 e. The molecule has 5 heteroatoms. The van der Waals surface area contributed by atoms with Crippen molar-refractivity contribution in [3.05, 3.63) is 23.8 Å². The van der Waals surface area contributed by atoms with Gasteiger partial charge in [-0.3, -0.25) is 0 Å². The van der Waals surface area contributed by atoms with Gasteiger partial charge < -0.3 is 20.7 Å². The van der Waals surface area contributed by atoms with Crippen molar-refractivity contribution in [2.45, 2.75) is 39.3 Å². The van der Waals surface area contributed by atoms with Crippen LogP contribution in [0.3, 0.4) is 0 Å². The molecule has 0 amide bonds. The first kappa shape index (κ1) is 18.0. The standard InChI is InChI=1S/C14H23NO3.ClH/c1-14(2,3)13(15)8-10(16)9-5-6-12(18-4)11(17)7-9;/h5-7,10,13,16-17H,8,15H2,1-4H3;1H/t10-,13-;/m1./s1. The second-order valence-corrected chi connectivity index (χ2v) is 5.66. The van der Waals surface area contributed by atoms with E-state index in [0.717, 1.165) is 0 Å².